The number of ether oxygens (including phenoxy) is 1. The summed E-state index contributed by atoms with van der Waals surface area (Å²) < 4.78 is 5.10. The molecule has 1 N–H and O–H groups in total. The Morgan fingerprint density at radius 3 is 2.44 bits per heavy atom. The zero-order chi connectivity index (χ0) is 13.9. The second kappa shape index (κ2) is 5.63. The number of hydrogen-bond acceptors (Lipinski definition) is 3. The van der Waals surface area contributed by atoms with E-state index in [2.05, 4.69) is 0 Å². The fourth-order valence-corrected chi connectivity index (χ4v) is 1.57. The molecular formula is C13H14Cl2O3. The Morgan fingerprint density at radius 1 is 1.28 bits per heavy atom. The van der Waals surface area contributed by atoms with Crippen LogP contribution in [0.1, 0.15) is 26.3 Å². The minimum absolute atomic E-state index is 0.101. The lowest BCUT2D eigenvalue weighted by Crippen LogP contribution is -2.22. The van der Waals surface area contributed by atoms with Crippen LogP contribution in [0.4, 0.5) is 0 Å². The maximum atomic E-state index is 11.5. The van der Waals surface area contributed by atoms with Gasteiger partial charge in [-0.2, -0.15) is 0 Å². The number of hydrogen-bond donors (Lipinski definition) is 1. The van der Waals surface area contributed by atoms with Gasteiger partial charge in [0.1, 0.15) is 11.4 Å². The van der Waals surface area contributed by atoms with Gasteiger partial charge in [0.15, 0.2) is 0 Å². The molecule has 0 aliphatic heterocycles. The lowest BCUT2D eigenvalue weighted by Gasteiger charge is -2.17. The van der Waals surface area contributed by atoms with Crippen molar-refractivity contribution in [3.05, 3.63) is 33.8 Å². The normalized spacial score (nSPS) is 11.8. The van der Waals surface area contributed by atoms with Gasteiger partial charge in [-0.05, 0) is 38.5 Å². The zero-order valence-corrected chi connectivity index (χ0v) is 11.8. The van der Waals surface area contributed by atoms with Gasteiger partial charge in [0.05, 0.1) is 10.0 Å². The fraction of sp³-hybridized carbons (Fsp3) is 0.308. The fourth-order valence-electron chi connectivity index (χ4n) is 1.17. The summed E-state index contributed by atoms with van der Waals surface area (Å²) >= 11 is 11.6. The van der Waals surface area contributed by atoms with Crippen LogP contribution in [0.15, 0.2) is 18.2 Å². The van der Waals surface area contributed by atoms with Gasteiger partial charge in [0.2, 0.25) is 0 Å². The number of aromatic hydroxyl groups is 1. The molecule has 18 heavy (non-hydrogen) atoms. The van der Waals surface area contributed by atoms with Gasteiger partial charge in [0.25, 0.3) is 0 Å². The lowest BCUT2D eigenvalue weighted by atomic mass is 10.2. The molecule has 0 spiro atoms. The summed E-state index contributed by atoms with van der Waals surface area (Å²) in [6, 6.07) is 2.79. The standard InChI is InChI=1S/C13H14Cl2O3/c1-13(2,3)18-12(17)5-4-8-6-10(15)11(16)7-9(8)14/h4-7,16H,1-3H3. The number of halogens is 2. The molecule has 98 valence electrons. The van der Waals surface area contributed by atoms with Crippen LogP contribution in [0.3, 0.4) is 0 Å². The molecule has 0 bridgehead atoms. The van der Waals surface area contributed by atoms with Gasteiger partial charge in [-0.1, -0.05) is 23.2 Å². The van der Waals surface area contributed by atoms with E-state index < -0.39 is 11.6 Å². The average molecular weight is 289 g/mol. The van der Waals surface area contributed by atoms with Crippen LogP contribution >= 0.6 is 23.2 Å². The van der Waals surface area contributed by atoms with E-state index in [1.54, 1.807) is 20.8 Å². The molecule has 0 amide bonds. The van der Waals surface area contributed by atoms with Crippen LogP contribution < -0.4 is 0 Å². The van der Waals surface area contributed by atoms with Gasteiger partial charge in [-0.15, -0.1) is 0 Å². The van der Waals surface area contributed by atoms with Crippen molar-refractivity contribution < 1.29 is 14.6 Å². The summed E-state index contributed by atoms with van der Waals surface area (Å²) in [5, 5.41) is 9.79. The third-order valence-electron chi connectivity index (χ3n) is 1.87. The highest BCUT2D eigenvalue weighted by Crippen LogP contribution is 2.30. The average Bonchev–Trinajstić information content (AvgIpc) is 2.19. The van der Waals surface area contributed by atoms with Gasteiger partial charge < -0.3 is 9.84 Å². The summed E-state index contributed by atoms with van der Waals surface area (Å²) in [4.78, 5) is 11.5. The zero-order valence-electron chi connectivity index (χ0n) is 10.3. The Kier molecular flexibility index (Phi) is 4.65. The van der Waals surface area contributed by atoms with Crippen molar-refractivity contribution in [2.45, 2.75) is 26.4 Å². The first kappa shape index (κ1) is 14.9. The predicted molar refractivity (Wildman–Crippen MR) is 73.0 cm³/mol. The smallest absolute Gasteiger partial charge is 0.331 e. The van der Waals surface area contributed by atoms with Crippen LogP contribution in [0.2, 0.25) is 10.0 Å². The van der Waals surface area contributed by atoms with E-state index in [-0.39, 0.29) is 10.8 Å². The first-order valence-electron chi connectivity index (χ1n) is 5.28. The van der Waals surface area contributed by atoms with Crippen molar-refractivity contribution in [2.75, 3.05) is 0 Å². The molecule has 0 atom stereocenters. The number of phenols is 1. The summed E-state index contributed by atoms with van der Waals surface area (Å²) in [6.07, 6.45) is 2.75. The van der Waals surface area contributed by atoms with Gasteiger partial charge in [-0.3, -0.25) is 0 Å². The van der Waals surface area contributed by atoms with Gasteiger partial charge in [-0.25, -0.2) is 4.79 Å². The van der Waals surface area contributed by atoms with E-state index in [0.717, 1.165) is 0 Å². The lowest BCUT2D eigenvalue weighted by molar-refractivity contribution is -0.148. The number of carbonyl (C=O) groups is 1. The van der Waals surface area contributed by atoms with Crippen molar-refractivity contribution in [2.24, 2.45) is 0 Å². The number of carbonyl (C=O) groups excluding carboxylic acids is 1. The van der Waals surface area contributed by atoms with E-state index in [0.29, 0.717) is 10.6 Å². The Morgan fingerprint density at radius 2 is 1.89 bits per heavy atom. The summed E-state index contributed by atoms with van der Waals surface area (Å²) in [5.41, 5.74) is -0.0111. The van der Waals surface area contributed by atoms with Crippen LogP contribution in [0.25, 0.3) is 6.08 Å². The summed E-state index contributed by atoms with van der Waals surface area (Å²) in [5.74, 6) is -0.571. The van der Waals surface area contributed by atoms with Crippen LogP contribution in [0.5, 0.6) is 5.75 Å². The van der Waals surface area contributed by atoms with E-state index >= 15 is 0 Å². The van der Waals surface area contributed by atoms with Gasteiger partial charge >= 0.3 is 5.97 Å². The first-order chi connectivity index (χ1) is 8.19. The monoisotopic (exact) mass is 288 g/mol. The molecule has 0 radical (unpaired) electrons. The van der Waals surface area contributed by atoms with E-state index in [4.69, 9.17) is 27.9 Å². The quantitative estimate of drug-likeness (QED) is 0.660. The molecule has 3 nitrogen and oxygen atoms in total. The molecule has 5 heteroatoms. The number of phenolic OH excluding ortho intramolecular Hbond substituents is 1. The molecular weight excluding hydrogens is 275 g/mol. The molecule has 1 aromatic carbocycles. The Bertz CT molecular complexity index is 488. The van der Waals surface area contributed by atoms with E-state index in [1.165, 1.54) is 24.3 Å². The molecule has 1 aromatic rings. The van der Waals surface area contributed by atoms with Crippen LogP contribution in [-0.4, -0.2) is 16.7 Å². The second-order valence-corrected chi connectivity index (χ2v) is 5.51. The Hall–Kier alpha value is -1.19. The minimum atomic E-state index is -0.544. The topological polar surface area (TPSA) is 46.5 Å². The van der Waals surface area contributed by atoms with Crippen molar-refractivity contribution in [3.8, 4) is 5.75 Å². The van der Waals surface area contributed by atoms with Gasteiger partial charge in [0, 0.05) is 12.1 Å². The van der Waals surface area contributed by atoms with Crippen molar-refractivity contribution in [1.82, 2.24) is 0 Å². The maximum Gasteiger partial charge on any atom is 0.331 e. The van der Waals surface area contributed by atoms with E-state index in [1.807, 2.05) is 0 Å². The molecule has 0 fully saturated rings. The van der Waals surface area contributed by atoms with Crippen molar-refractivity contribution in [3.63, 3.8) is 0 Å². The Labute approximate surface area is 116 Å². The van der Waals surface area contributed by atoms with E-state index in [9.17, 15) is 9.90 Å². The highest BCUT2D eigenvalue weighted by molar-refractivity contribution is 6.35. The predicted octanol–water partition coefficient (Wildman–Crippen LogP) is 4.05. The van der Waals surface area contributed by atoms with Crippen LogP contribution in [0, 0.1) is 0 Å². The second-order valence-electron chi connectivity index (χ2n) is 4.69. The number of benzene rings is 1. The summed E-state index contributed by atoms with van der Waals surface area (Å²) in [7, 11) is 0. The van der Waals surface area contributed by atoms with Crippen molar-refractivity contribution in [1.29, 1.82) is 0 Å². The number of esters is 1. The molecule has 0 saturated heterocycles. The molecule has 0 unspecified atom stereocenters. The first-order valence-corrected chi connectivity index (χ1v) is 6.04. The SMILES string of the molecule is CC(C)(C)OC(=O)C=Cc1cc(Cl)c(O)cc1Cl. The molecule has 0 saturated carbocycles. The largest absolute Gasteiger partial charge is 0.506 e. The molecule has 0 aromatic heterocycles. The number of rotatable bonds is 2. The summed E-state index contributed by atoms with van der Waals surface area (Å²) in [6.45, 7) is 5.34. The van der Waals surface area contributed by atoms with Crippen molar-refractivity contribution >= 4 is 35.2 Å². The third-order valence-corrected chi connectivity index (χ3v) is 2.50. The third kappa shape index (κ3) is 4.59. The molecule has 0 aliphatic rings. The highest BCUT2D eigenvalue weighted by atomic mass is 35.5. The molecule has 0 aliphatic carbocycles. The molecule has 1 rings (SSSR count). The minimum Gasteiger partial charge on any atom is -0.506 e. The van der Waals surface area contributed by atoms with Crippen LogP contribution in [-0.2, 0) is 9.53 Å². The Balaban J connectivity index is 2.85. The molecule has 0 heterocycles. The maximum absolute atomic E-state index is 11.5. The highest BCUT2D eigenvalue weighted by Gasteiger charge is 2.14.